The summed E-state index contributed by atoms with van der Waals surface area (Å²) >= 11 is 0. The van der Waals surface area contributed by atoms with Crippen LogP contribution in [0.15, 0.2) is 78.4 Å². The molecule has 2 fully saturated rings. The summed E-state index contributed by atoms with van der Waals surface area (Å²) in [7, 11) is 0. The van der Waals surface area contributed by atoms with Gasteiger partial charge in [-0.15, -0.1) is 0 Å². The van der Waals surface area contributed by atoms with Crippen LogP contribution >= 0.6 is 0 Å². The number of ether oxygens (including phenoxy) is 3. The van der Waals surface area contributed by atoms with Crippen molar-refractivity contribution in [3.8, 4) is 11.5 Å². The molecular formula is C35H40N2O6. The lowest BCUT2D eigenvalue weighted by molar-refractivity contribution is -0.140. The van der Waals surface area contributed by atoms with E-state index in [1.807, 2.05) is 75.4 Å². The minimum absolute atomic E-state index is 0.000535. The van der Waals surface area contributed by atoms with Crippen LogP contribution in [0.5, 0.6) is 11.5 Å². The molecule has 0 aromatic heterocycles. The van der Waals surface area contributed by atoms with Gasteiger partial charge in [-0.25, -0.2) is 0 Å². The Labute approximate surface area is 253 Å². The van der Waals surface area contributed by atoms with E-state index in [1.54, 1.807) is 23.1 Å². The SMILES string of the molecule is Cc1cc(/C(O)=C2\C(=O)C(=O)N(CCCN3CCOCC3)C2c2ccc(OCc3ccccc3)cc2)ccc1OC(C)C. The lowest BCUT2D eigenvalue weighted by Crippen LogP contribution is -2.38. The van der Waals surface area contributed by atoms with Crippen LogP contribution in [-0.4, -0.2) is 72.1 Å². The molecule has 5 rings (SSSR count). The van der Waals surface area contributed by atoms with Gasteiger partial charge in [0.25, 0.3) is 11.7 Å². The predicted octanol–water partition coefficient (Wildman–Crippen LogP) is 5.51. The molecule has 0 aliphatic carbocycles. The summed E-state index contributed by atoms with van der Waals surface area (Å²) in [6.45, 7) is 10.5. The number of amides is 1. The molecule has 1 unspecified atom stereocenters. The van der Waals surface area contributed by atoms with E-state index in [1.165, 1.54) is 0 Å². The Balaban J connectivity index is 1.43. The maximum atomic E-state index is 13.5. The van der Waals surface area contributed by atoms with Gasteiger partial charge in [0.05, 0.1) is 30.9 Å². The van der Waals surface area contributed by atoms with E-state index in [4.69, 9.17) is 14.2 Å². The third-order valence-corrected chi connectivity index (χ3v) is 7.77. The van der Waals surface area contributed by atoms with Crippen LogP contribution in [0.1, 0.15) is 48.6 Å². The van der Waals surface area contributed by atoms with E-state index < -0.39 is 17.7 Å². The maximum Gasteiger partial charge on any atom is 0.295 e. The summed E-state index contributed by atoms with van der Waals surface area (Å²) in [5, 5.41) is 11.5. The van der Waals surface area contributed by atoms with Gasteiger partial charge in [-0.3, -0.25) is 14.5 Å². The monoisotopic (exact) mass is 584 g/mol. The van der Waals surface area contributed by atoms with E-state index in [-0.39, 0.29) is 17.4 Å². The third-order valence-electron chi connectivity index (χ3n) is 7.77. The molecule has 2 aliphatic rings. The predicted molar refractivity (Wildman–Crippen MR) is 165 cm³/mol. The quantitative estimate of drug-likeness (QED) is 0.181. The standard InChI is InChI=1S/C35H40N2O6/c1-24(2)43-30-15-12-28(22-25(30)3)33(38)31-32(27-10-13-29(14-11-27)42-23-26-8-5-4-6-9-26)37(35(40)34(31)39)17-7-16-36-18-20-41-21-19-36/h4-6,8-15,22,24,32,38H,7,16-21,23H2,1-3H3/b33-31+. The molecule has 0 saturated carbocycles. The minimum atomic E-state index is -0.722. The van der Waals surface area contributed by atoms with Gasteiger partial charge in [0, 0.05) is 31.7 Å². The number of nitrogens with zero attached hydrogens (tertiary/aromatic N) is 2. The van der Waals surface area contributed by atoms with Gasteiger partial charge in [0.1, 0.15) is 23.9 Å². The Morgan fingerprint density at radius 2 is 1.70 bits per heavy atom. The first-order valence-corrected chi connectivity index (χ1v) is 14.9. The van der Waals surface area contributed by atoms with Gasteiger partial charge in [-0.2, -0.15) is 0 Å². The minimum Gasteiger partial charge on any atom is -0.507 e. The second kappa shape index (κ2) is 13.9. The molecule has 1 amide bonds. The van der Waals surface area contributed by atoms with Crippen LogP contribution in [-0.2, 0) is 20.9 Å². The van der Waals surface area contributed by atoms with Crippen molar-refractivity contribution in [2.75, 3.05) is 39.4 Å². The first kappa shape index (κ1) is 30.3. The molecular weight excluding hydrogens is 544 g/mol. The molecule has 0 bridgehead atoms. The lowest BCUT2D eigenvalue weighted by Gasteiger charge is -2.29. The highest BCUT2D eigenvalue weighted by molar-refractivity contribution is 6.46. The van der Waals surface area contributed by atoms with Crippen molar-refractivity contribution in [2.45, 2.75) is 45.9 Å². The molecule has 2 heterocycles. The highest BCUT2D eigenvalue weighted by Gasteiger charge is 2.45. The normalized spacial score (nSPS) is 18.8. The number of benzene rings is 3. The van der Waals surface area contributed by atoms with Crippen LogP contribution in [0, 0.1) is 6.92 Å². The van der Waals surface area contributed by atoms with E-state index in [0.29, 0.717) is 49.8 Å². The van der Waals surface area contributed by atoms with Gasteiger partial charge >= 0.3 is 0 Å². The molecule has 1 N–H and O–H groups in total. The van der Waals surface area contributed by atoms with Crippen LogP contribution in [0.3, 0.4) is 0 Å². The molecule has 226 valence electrons. The summed E-state index contributed by atoms with van der Waals surface area (Å²) in [5.41, 5.74) is 3.17. The summed E-state index contributed by atoms with van der Waals surface area (Å²) in [4.78, 5) is 30.9. The fourth-order valence-corrected chi connectivity index (χ4v) is 5.57. The average Bonchev–Trinajstić information content (AvgIpc) is 3.27. The zero-order valence-corrected chi connectivity index (χ0v) is 25.1. The summed E-state index contributed by atoms with van der Waals surface area (Å²) < 4.78 is 17.3. The van der Waals surface area contributed by atoms with E-state index in [0.717, 1.165) is 36.3 Å². The van der Waals surface area contributed by atoms with Gasteiger partial charge in [0.2, 0.25) is 0 Å². The molecule has 0 spiro atoms. The number of carbonyl (C=O) groups excluding carboxylic acids is 2. The number of likely N-dealkylation sites (tertiary alicyclic amines) is 1. The van der Waals surface area contributed by atoms with Gasteiger partial charge in [-0.1, -0.05) is 42.5 Å². The second-order valence-electron chi connectivity index (χ2n) is 11.3. The van der Waals surface area contributed by atoms with Crippen molar-refractivity contribution < 1.29 is 28.9 Å². The maximum absolute atomic E-state index is 13.5. The van der Waals surface area contributed by atoms with Crippen LogP contribution in [0.25, 0.3) is 5.76 Å². The molecule has 2 saturated heterocycles. The highest BCUT2D eigenvalue weighted by Crippen LogP contribution is 2.40. The van der Waals surface area contributed by atoms with Crippen molar-refractivity contribution >= 4 is 17.4 Å². The smallest absolute Gasteiger partial charge is 0.295 e. The van der Waals surface area contributed by atoms with Gasteiger partial charge in [-0.05, 0) is 74.2 Å². The highest BCUT2D eigenvalue weighted by atomic mass is 16.5. The summed E-state index contributed by atoms with van der Waals surface area (Å²) in [6, 6.07) is 21.9. The molecule has 3 aromatic carbocycles. The number of hydrogen-bond donors (Lipinski definition) is 1. The first-order valence-electron chi connectivity index (χ1n) is 14.9. The van der Waals surface area contributed by atoms with E-state index in [2.05, 4.69) is 4.90 Å². The van der Waals surface area contributed by atoms with Crippen molar-refractivity contribution in [3.05, 3.63) is 101 Å². The lowest BCUT2D eigenvalue weighted by atomic mass is 9.94. The Hall–Kier alpha value is -4.14. The number of aliphatic hydroxyl groups is 1. The van der Waals surface area contributed by atoms with Crippen LogP contribution in [0.4, 0.5) is 0 Å². The number of ketones is 1. The van der Waals surface area contributed by atoms with Gasteiger partial charge < -0.3 is 24.2 Å². The molecule has 3 aromatic rings. The van der Waals surface area contributed by atoms with Gasteiger partial charge in [0.15, 0.2) is 0 Å². The van der Waals surface area contributed by atoms with Crippen molar-refractivity contribution in [1.29, 1.82) is 0 Å². The Bertz CT molecular complexity index is 1440. The Kier molecular flexibility index (Phi) is 9.79. The number of morpholine rings is 1. The molecule has 43 heavy (non-hydrogen) atoms. The van der Waals surface area contributed by atoms with Crippen LogP contribution < -0.4 is 9.47 Å². The second-order valence-corrected chi connectivity index (χ2v) is 11.3. The van der Waals surface area contributed by atoms with Crippen molar-refractivity contribution in [1.82, 2.24) is 9.80 Å². The summed E-state index contributed by atoms with van der Waals surface area (Å²) in [5.74, 6) is -0.0959. The third kappa shape index (κ3) is 7.27. The number of Topliss-reactive ketones (excluding diaryl/α,β-unsaturated/α-hetero) is 1. The number of hydrogen-bond acceptors (Lipinski definition) is 7. The molecule has 2 aliphatic heterocycles. The average molecular weight is 585 g/mol. The number of aryl methyl sites for hydroxylation is 1. The molecule has 8 nitrogen and oxygen atoms in total. The topological polar surface area (TPSA) is 88.5 Å². The van der Waals surface area contributed by atoms with Crippen molar-refractivity contribution in [2.24, 2.45) is 0 Å². The molecule has 0 radical (unpaired) electrons. The number of carbonyl (C=O) groups is 2. The zero-order valence-electron chi connectivity index (χ0n) is 25.1. The largest absolute Gasteiger partial charge is 0.507 e. The Morgan fingerprint density at radius 3 is 2.37 bits per heavy atom. The number of rotatable bonds is 11. The van der Waals surface area contributed by atoms with Crippen molar-refractivity contribution in [3.63, 3.8) is 0 Å². The summed E-state index contributed by atoms with van der Waals surface area (Å²) in [6.07, 6.45) is 0.697. The van der Waals surface area contributed by atoms with Crippen LogP contribution in [0.2, 0.25) is 0 Å². The molecule has 1 atom stereocenters. The Morgan fingerprint density at radius 1 is 0.977 bits per heavy atom. The fraction of sp³-hybridized carbons (Fsp3) is 0.371. The molecule has 8 heteroatoms. The first-order chi connectivity index (χ1) is 20.8. The van der Waals surface area contributed by atoms with E-state index in [9.17, 15) is 14.7 Å². The fourth-order valence-electron chi connectivity index (χ4n) is 5.57. The number of aliphatic hydroxyl groups excluding tert-OH is 1. The zero-order chi connectivity index (χ0) is 30.3. The van der Waals surface area contributed by atoms with E-state index >= 15 is 0 Å².